The Hall–Kier alpha value is -2.96. The summed E-state index contributed by atoms with van der Waals surface area (Å²) >= 11 is 6.42. The van der Waals surface area contributed by atoms with Crippen molar-refractivity contribution >= 4 is 44.6 Å². The van der Waals surface area contributed by atoms with Crippen molar-refractivity contribution in [3.8, 4) is 5.75 Å². The standard InChI is InChI=1S/C32H45ClN6O4S/c1-6-18-43-19-17-39-15-13-38(14-16-39)12-11-25-21-29(42-5)28(20-24(25)4)36-32-34-22-26(33)31(37-32)35-27-9-7-8-10-30(27)44(40,41)23(2)3/h7-10,20-23H,6,11-19H2,1-5H3,(H2,34,35,36,37). The van der Waals surface area contributed by atoms with Gasteiger partial charge in [-0.25, -0.2) is 13.4 Å². The molecule has 0 atom stereocenters. The molecule has 0 spiro atoms. The number of piperazine rings is 1. The third kappa shape index (κ3) is 8.82. The number of anilines is 4. The molecule has 240 valence electrons. The highest BCUT2D eigenvalue weighted by atomic mass is 35.5. The summed E-state index contributed by atoms with van der Waals surface area (Å²) in [5.41, 5.74) is 3.49. The van der Waals surface area contributed by atoms with Crippen LogP contribution in [0.4, 0.5) is 23.1 Å². The number of aromatic nitrogens is 2. The molecule has 0 radical (unpaired) electrons. The molecule has 0 amide bonds. The maximum Gasteiger partial charge on any atom is 0.229 e. The Morgan fingerprint density at radius 3 is 2.39 bits per heavy atom. The van der Waals surface area contributed by atoms with Crippen LogP contribution in [0, 0.1) is 6.92 Å². The van der Waals surface area contributed by atoms with Gasteiger partial charge in [0, 0.05) is 45.9 Å². The molecule has 1 aliphatic heterocycles. The maximum absolute atomic E-state index is 12.9. The van der Waals surface area contributed by atoms with Crippen molar-refractivity contribution in [2.75, 3.05) is 70.2 Å². The quantitative estimate of drug-likeness (QED) is 0.200. The van der Waals surface area contributed by atoms with E-state index in [1.54, 1.807) is 45.2 Å². The number of aryl methyl sites for hydroxylation is 1. The van der Waals surface area contributed by atoms with E-state index in [-0.39, 0.29) is 15.7 Å². The van der Waals surface area contributed by atoms with Crippen LogP contribution in [0.5, 0.6) is 5.75 Å². The molecule has 0 bridgehead atoms. The van der Waals surface area contributed by atoms with Crippen LogP contribution in [0.3, 0.4) is 0 Å². The number of halogens is 1. The third-order valence-electron chi connectivity index (χ3n) is 7.78. The van der Waals surface area contributed by atoms with Gasteiger partial charge in [-0.05, 0) is 69.0 Å². The van der Waals surface area contributed by atoms with Gasteiger partial charge in [-0.3, -0.25) is 4.90 Å². The lowest BCUT2D eigenvalue weighted by atomic mass is 10.0. The Bertz CT molecular complexity index is 1500. The molecule has 0 aliphatic carbocycles. The van der Waals surface area contributed by atoms with E-state index in [9.17, 15) is 8.42 Å². The lowest BCUT2D eigenvalue weighted by Crippen LogP contribution is -2.47. The molecule has 1 aliphatic rings. The van der Waals surface area contributed by atoms with E-state index in [0.29, 0.717) is 17.4 Å². The number of nitrogens with zero attached hydrogens (tertiary/aromatic N) is 4. The molecule has 12 heteroatoms. The van der Waals surface area contributed by atoms with E-state index in [0.717, 1.165) is 76.6 Å². The molecule has 1 saturated heterocycles. The normalized spacial score (nSPS) is 14.6. The zero-order valence-corrected chi connectivity index (χ0v) is 28.0. The molecule has 3 aromatic rings. The smallest absolute Gasteiger partial charge is 0.229 e. The molecule has 1 fully saturated rings. The van der Waals surface area contributed by atoms with Crippen molar-refractivity contribution in [1.82, 2.24) is 19.8 Å². The van der Waals surface area contributed by atoms with Crippen LogP contribution in [0.25, 0.3) is 0 Å². The molecule has 1 aromatic heterocycles. The lowest BCUT2D eigenvalue weighted by Gasteiger charge is -2.34. The number of sulfone groups is 1. The second-order valence-electron chi connectivity index (χ2n) is 11.3. The molecule has 2 heterocycles. The molecule has 10 nitrogen and oxygen atoms in total. The second-order valence-corrected chi connectivity index (χ2v) is 14.1. The van der Waals surface area contributed by atoms with Gasteiger partial charge in [-0.15, -0.1) is 0 Å². The van der Waals surface area contributed by atoms with E-state index >= 15 is 0 Å². The summed E-state index contributed by atoms with van der Waals surface area (Å²) < 4.78 is 37.2. The van der Waals surface area contributed by atoms with E-state index in [1.165, 1.54) is 11.8 Å². The van der Waals surface area contributed by atoms with Crippen molar-refractivity contribution in [2.45, 2.75) is 50.7 Å². The highest BCUT2D eigenvalue weighted by Gasteiger charge is 2.23. The molecule has 0 unspecified atom stereocenters. The lowest BCUT2D eigenvalue weighted by molar-refractivity contribution is 0.0762. The Labute approximate surface area is 267 Å². The van der Waals surface area contributed by atoms with Crippen LogP contribution in [0.1, 0.15) is 38.3 Å². The van der Waals surface area contributed by atoms with Gasteiger partial charge < -0.3 is 25.0 Å². The minimum atomic E-state index is -3.53. The van der Waals surface area contributed by atoms with Gasteiger partial charge in [-0.2, -0.15) is 4.98 Å². The molecular weight excluding hydrogens is 600 g/mol. The summed E-state index contributed by atoms with van der Waals surface area (Å²) in [6, 6.07) is 10.8. The fraction of sp³-hybridized carbons (Fsp3) is 0.500. The van der Waals surface area contributed by atoms with Gasteiger partial charge in [0.05, 0.1) is 41.4 Å². The van der Waals surface area contributed by atoms with Crippen LogP contribution >= 0.6 is 11.6 Å². The summed E-state index contributed by atoms with van der Waals surface area (Å²) in [6.07, 6.45) is 3.46. The first-order valence-corrected chi connectivity index (χ1v) is 17.1. The van der Waals surface area contributed by atoms with Crippen LogP contribution in [-0.2, 0) is 21.0 Å². The summed E-state index contributed by atoms with van der Waals surface area (Å²) in [4.78, 5) is 14.1. The van der Waals surface area contributed by atoms with Crippen molar-refractivity contribution in [3.63, 3.8) is 0 Å². The average molecular weight is 645 g/mol. The number of para-hydroxylation sites is 1. The zero-order valence-electron chi connectivity index (χ0n) is 26.4. The van der Waals surface area contributed by atoms with Gasteiger partial charge in [-0.1, -0.05) is 30.7 Å². The zero-order chi connectivity index (χ0) is 31.7. The molecule has 2 N–H and O–H groups in total. The van der Waals surface area contributed by atoms with Gasteiger partial charge in [0.1, 0.15) is 10.8 Å². The second kappa shape index (κ2) is 15.9. The van der Waals surface area contributed by atoms with Crippen molar-refractivity contribution in [1.29, 1.82) is 0 Å². The minimum Gasteiger partial charge on any atom is -0.495 e. The van der Waals surface area contributed by atoms with E-state index < -0.39 is 15.1 Å². The minimum absolute atomic E-state index is 0.186. The number of hydrogen-bond donors (Lipinski definition) is 2. The first-order chi connectivity index (χ1) is 21.1. The summed E-state index contributed by atoms with van der Waals surface area (Å²) in [6.45, 7) is 15.4. The van der Waals surface area contributed by atoms with Gasteiger partial charge in [0.15, 0.2) is 15.7 Å². The fourth-order valence-electron chi connectivity index (χ4n) is 5.06. The van der Waals surface area contributed by atoms with Gasteiger partial charge in [0.25, 0.3) is 0 Å². The maximum atomic E-state index is 12.9. The molecule has 4 rings (SSSR count). The molecule has 0 saturated carbocycles. The highest BCUT2D eigenvalue weighted by molar-refractivity contribution is 7.92. The Morgan fingerprint density at radius 1 is 1.00 bits per heavy atom. The van der Waals surface area contributed by atoms with E-state index in [4.69, 9.17) is 21.1 Å². The first kappa shape index (κ1) is 33.9. The predicted octanol–water partition coefficient (Wildman–Crippen LogP) is 5.70. The number of methoxy groups -OCH3 is 1. The molecule has 44 heavy (non-hydrogen) atoms. The summed E-state index contributed by atoms with van der Waals surface area (Å²) in [5.74, 6) is 1.27. The Balaban J connectivity index is 1.41. The van der Waals surface area contributed by atoms with Crippen LogP contribution in [0.2, 0.25) is 5.02 Å². The SMILES string of the molecule is CCCOCCN1CCN(CCc2cc(OC)c(Nc3ncc(Cl)c(Nc4ccccc4S(=O)(=O)C(C)C)n3)cc2C)CC1. The number of benzene rings is 2. The number of nitrogens with one attached hydrogen (secondary N) is 2. The van der Waals surface area contributed by atoms with Crippen LogP contribution in [0.15, 0.2) is 47.5 Å². The van der Waals surface area contributed by atoms with Crippen LogP contribution in [-0.4, -0.2) is 93.0 Å². The summed E-state index contributed by atoms with van der Waals surface area (Å²) in [5, 5.41) is 6.03. The topological polar surface area (TPSA) is 109 Å². The predicted molar refractivity (Wildman–Crippen MR) is 178 cm³/mol. The first-order valence-electron chi connectivity index (χ1n) is 15.2. The van der Waals surface area contributed by atoms with Crippen molar-refractivity contribution in [3.05, 3.63) is 58.7 Å². The monoisotopic (exact) mass is 644 g/mol. The van der Waals surface area contributed by atoms with E-state index in [2.05, 4.69) is 50.3 Å². The fourth-order valence-corrected chi connectivity index (χ4v) is 6.40. The number of rotatable bonds is 15. The Morgan fingerprint density at radius 2 is 1.70 bits per heavy atom. The molecule has 2 aromatic carbocycles. The third-order valence-corrected chi connectivity index (χ3v) is 10.3. The van der Waals surface area contributed by atoms with Crippen LogP contribution < -0.4 is 15.4 Å². The summed E-state index contributed by atoms with van der Waals surface area (Å²) in [7, 11) is -1.88. The Kier molecular flexibility index (Phi) is 12.2. The largest absolute Gasteiger partial charge is 0.495 e. The number of ether oxygens (including phenoxy) is 2. The van der Waals surface area contributed by atoms with E-state index in [1.807, 2.05) is 6.07 Å². The van der Waals surface area contributed by atoms with Crippen molar-refractivity contribution < 1.29 is 17.9 Å². The highest BCUT2D eigenvalue weighted by Crippen LogP contribution is 2.33. The van der Waals surface area contributed by atoms with Crippen molar-refractivity contribution in [2.24, 2.45) is 0 Å². The van der Waals surface area contributed by atoms with Gasteiger partial charge in [0.2, 0.25) is 5.95 Å². The average Bonchev–Trinajstić information content (AvgIpc) is 3.01. The number of hydrogen-bond acceptors (Lipinski definition) is 10. The molecular formula is C32H45ClN6O4S. The van der Waals surface area contributed by atoms with Gasteiger partial charge >= 0.3 is 0 Å².